The van der Waals surface area contributed by atoms with Crippen molar-refractivity contribution in [3.05, 3.63) is 23.4 Å². The Morgan fingerprint density at radius 2 is 1.76 bits per heavy atom. The Labute approximate surface area is 276 Å². The zero-order valence-corrected chi connectivity index (χ0v) is 28.1. The number of aromatic nitrogens is 1. The first-order valence-electron chi connectivity index (χ1n) is 16.6. The van der Waals surface area contributed by atoms with Crippen molar-refractivity contribution in [2.45, 2.75) is 128 Å². The number of Topliss-reactive ketones (excluding diaryl/α,β-unsaturated/α-hetero) is 1. The Morgan fingerprint density at radius 3 is 2.35 bits per heavy atom. The van der Waals surface area contributed by atoms with Crippen molar-refractivity contribution < 1.29 is 28.7 Å². The van der Waals surface area contributed by atoms with Crippen molar-refractivity contribution >= 4 is 41.0 Å². The van der Waals surface area contributed by atoms with Gasteiger partial charge in [-0.05, 0) is 49.5 Å². The summed E-state index contributed by atoms with van der Waals surface area (Å²) in [6, 6.07) is -0.593. The number of halogens is 1. The fourth-order valence-electron chi connectivity index (χ4n) is 6.21. The Kier molecular flexibility index (Phi) is 12.0. The van der Waals surface area contributed by atoms with E-state index in [1.807, 2.05) is 27.7 Å². The molecule has 12 nitrogen and oxygen atoms in total. The van der Waals surface area contributed by atoms with E-state index in [0.29, 0.717) is 11.4 Å². The van der Waals surface area contributed by atoms with Crippen LogP contribution in [0.1, 0.15) is 91.9 Å². The van der Waals surface area contributed by atoms with Gasteiger partial charge < -0.3 is 31.3 Å². The van der Waals surface area contributed by atoms with Crippen molar-refractivity contribution in [3.63, 3.8) is 0 Å². The van der Waals surface area contributed by atoms with E-state index in [-0.39, 0.29) is 37.2 Å². The number of carbonyl (C=O) groups is 5. The summed E-state index contributed by atoms with van der Waals surface area (Å²) in [5.41, 5.74) is 5.68. The van der Waals surface area contributed by atoms with Crippen molar-refractivity contribution in [2.24, 2.45) is 17.1 Å². The second kappa shape index (κ2) is 15.6. The normalized spacial score (nSPS) is 22.3. The molecule has 3 fully saturated rings. The molecule has 2 unspecified atom stereocenters. The van der Waals surface area contributed by atoms with Gasteiger partial charge in [-0.2, -0.15) is 0 Å². The number of ketones is 1. The molecule has 254 valence electrons. The summed E-state index contributed by atoms with van der Waals surface area (Å²) < 4.78 is 6.06. The van der Waals surface area contributed by atoms with Crippen LogP contribution in [-0.4, -0.2) is 82.2 Å². The number of nitrogens with one attached hydrogen (secondary N) is 3. The molecule has 0 bridgehead atoms. The van der Waals surface area contributed by atoms with Crippen LogP contribution < -0.4 is 26.4 Å². The maximum atomic E-state index is 14.3. The molecule has 0 aromatic carbocycles. The van der Waals surface area contributed by atoms with E-state index in [1.54, 1.807) is 12.1 Å². The first kappa shape index (κ1) is 35.6. The molecule has 1 aliphatic heterocycles. The smallest absolute Gasteiger partial charge is 0.289 e. The van der Waals surface area contributed by atoms with Crippen LogP contribution in [0.25, 0.3) is 0 Å². The van der Waals surface area contributed by atoms with Crippen molar-refractivity contribution in [2.75, 3.05) is 6.54 Å². The second-order valence-corrected chi connectivity index (χ2v) is 14.4. The second-order valence-electron chi connectivity index (χ2n) is 14.0. The third-order valence-electron chi connectivity index (χ3n) is 9.04. The van der Waals surface area contributed by atoms with Crippen LogP contribution in [0.5, 0.6) is 5.88 Å². The van der Waals surface area contributed by atoms with Gasteiger partial charge in [0.05, 0.1) is 23.7 Å². The third-order valence-corrected chi connectivity index (χ3v) is 9.27. The number of nitrogens with zero attached hydrogens (tertiary/aromatic N) is 2. The van der Waals surface area contributed by atoms with Crippen LogP contribution >= 0.6 is 11.6 Å². The number of hydrogen-bond acceptors (Lipinski definition) is 8. The van der Waals surface area contributed by atoms with E-state index >= 15 is 0 Å². The lowest BCUT2D eigenvalue weighted by Gasteiger charge is -2.37. The highest BCUT2D eigenvalue weighted by Crippen LogP contribution is 2.30. The Morgan fingerprint density at radius 1 is 1.07 bits per heavy atom. The summed E-state index contributed by atoms with van der Waals surface area (Å²) >= 11 is 5.98. The van der Waals surface area contributed by atoms with Crippen molar-refractivity contribution in [1.29, 1.82) is 0 Å². The lowest BCUT2D eigenvalue weighted by molar-refractivity contribution is -0.145. The molecule has 3 aliphatic rings. The first-order chi connectivity index (χ1) is 21.8. The van der Waals surface area contributed by atoms with Gasteiger partial charge in [0, 0.05) is 24.7 Å². The van der Waals surface area contributed by atoms with Gasteiger partial charge >= 0.3 is 0 Å². The SMILES string of the molecule is CCC[C@@H](NC(=O)[C@H]1CC(Oc2ccc(Cl)cn2)CN1C(=O)C(NC(=O)[C@@H](N)C1CCCCC1)C(C)(C)C)C(=O)C(=O)NC1CC1. The van der Waals surface area contributed by atoms with Gasteiger partial charge in [-0.25, -0.2) is 4.98 Å². The minimum atomic E-state index is -1.04. The van der Waals surface area contributed by atoms with Gasteiger partial charge in [0.2, 0.25) is 29.4 Å². The van der Waals surface area contributed by atoms with E-state index in [9.17, 15) is 24.0 Å². The predicted octanol–water partition coefficient (Wildman–Crippen LogP) is 2.65. The Bertz CT molecular complexity index is 1260. The number of ether oxygens (including phenoxy) is 1. The zero-order chi connectivity index (χ0) is 33.6. The van der Waals surface area contributed by atoms with Crippen LogP contribution in [0.4, 0.5) is 0 Å². The Balaban J connectivity index is 1.55. The van der Waals surface area contributed by atoms with Gasteiger partial charge in [-0.1, -0.05) is 65.0 Å². The largest absolute Gasteiger partial charge is 0.472 e. The summed E-state index contributed by atoms with van der Waals surface area (Å²) in [6.45, 7) is 7.41. The topological polar surface area (TPSA) is 173 Å². The maximum Gasteiger partial charge on any atom is 0.289 e. The number of hydrogen-bond donors (Lipinski definition) is 4. The Hall–Kier alpha value is -3.25. The van der Waals surface area contributed by atoms with Gasteiger partial charge in [0.15, 0.2) is 0 Å². The lowest BCUT2D eigenvalue weighted by atomic mass is 9.82. The molecule has 5 atom stereocenters. The summed E-state index contributed by atoms with van der Waals surface area (Å²) in [6.07, 6.45) is 8.28. The molecule has 5 N–H and O–H groups in total. The first-order valence-corrected chi connectivity index (χ1v) is 17.0. The molecule has 0 spiro atoms. The van der Waals surface area contributed by atoms with E-state index < -0.39 is 65.1 Å². The van der Waals surface area contributed by atoms with Gasteiger partial charge in [0.25, 0.3) is 5.91 Å². The van der Waals surface area contributed by atoms with Crippen LogP contribution in [0.2, 0.25) is 5.02 Å². The highest BCUT2D eigenvalue weighted by atomic mass is 35.5. The molecular weight excluding hydrogens is 612 g/mol. The van der Waals surface area contributed by atoms with Gasteiger partial charge in [-0.3, -0.25) is 24.0 Å². The number of rotatable bonds is 13. The maximum absolute atomic E-state index is 14.3. The molecule has 46 heavy (non-hydrogen) atoms. The molecule has 13 heteroatoms. The van der Waals surface area contributed by atoms with Crippen LogP contribution in [-0.2, 0) is 24.0 Å². The minimum absolute atomic E-state index is 0.00692. The van der Waals surface area contributed by atoms with Gasteiger partial charge in [0.1, 0.15) is 18.2 Å². The molecule has 2 heterocycles. The minimum Gasteiger partial charge on any atom is -0.472 e. The number of nitrogens with two attached hydrogens (primary N) is 1. The molecule has 2 saturated carbocycles. The average Bonchev–Trinajstić information content (AvgIpc) is 3.74. The average molecular weight is 661 g/mol. The predicted molar refractivity (Wildman–Crippen MR) is 173 cm³/mol. The molecule has 4 amide bonds. The van der Waals surface area contributed by atoms with E-state index in [1.165, 1.54) is 11.1 Å². The standard InChI is InChI=1S/C33H49ClN6O6/c1-5-9-23(27(41)31(44)37-21-13-14-21)38-29(42)24-16-22(46-25-15-12-20(34)17-36-25)18-40(24)32(45)28(33(2,3)4)39-30(43)26(35)19-10-7-6-8-11-19/h12,15,17,19,21-24,26,28H,5-11,13-14,16,18,35H2,1-4H3,(H,37,44)(H,38,42)(H,39,43)/t22?,23-,24-,26+,28?/m1/s1. The summed E-state index contributed by atoms with van der Waals surface area (Å²) in [5.74, 6) is -2.55. The quantitative estimate of drug-likeness (QED) is 0.234. The van der Waals surface area contributed by atoms with Crippen LogP contribution in [0, 0.1) is 11.3 Å². The molecule has 0 radical (unpaired) electrons. The molecule has 1 aromatic rings. The molecular formula is C33H49ClN6O6. The monoisotopic (exact) mass is 660 g/mol. The van der Waals surface area contributed by atoms with Crippen LogP contribution in [0.15, 0.2) is 18.3 Å². The van der Waals surface area contributed by atoms with Crippen molar-refractivity contribution in [1.82, 2.24) is 25.8 Å². The van der Waals surface area contributed by atoms with Crippen LogP contribution in [0.3, 0.4) is 0 Å². The molecule has 2 aliphatic carbocycles. The summed E-state index contributed by atoms with van der Waals surface area (Å²) in [5, 5.41) is 8.79. The zero-order valence-electron chi connectivity index (χ0n) is 27.4. The highest BCUT2D eigenvalue weighted by molar-refractivity contribution is 6.38. The van der Waals surface area contributed by atoms with E-state index in [0.717, 1.165) is 44.9 Å². The third kappa shape index (κ3) is 9.40. The van der Waals surface area contributed by atoms with Gasteiger partial charge in [-0.15, -0.1) is 0 Å². The van der Waals surface area contributed by atoms with E-state index in [2.05, 4.69) is 20.9 Å². The van der Waals surface area contributed by atoms with E-state index in [4.69, 9.17) is 22.1 Å². The molecule has 1 saturated heterocycles. The number of likely N-dealkylation sites (tertiary alicyclic amines) is 1. The fraction of sp³-hybridized carbons (Fsp3) is 0.697. The summed E-state index contributed by atoms with van der Waals surface area (Å²) in [7, 11) is 0. The number of carbonyl (C=O) groups excluding carboxylic acids is 5. The fourth-order valence-corrected chi connectivity index (χ4v) is 6.32. The number of amides is 4. The highest BCUT2D eigenvalue weighted by Gasteiger charge is 2.47. The van der Waals surface area contributed by atoms with Crippen molar-refractivity contribution in [3.8, 4) is 5.88 Å². The number of pyridine rings is 1. The molecule has 4 rings (SSSR count). The lowest BCUT2D eigenvalue weighted by Crippen LogP contribution is -2.61. The summed E-state index contributed by atoms with van der Waals surface area (Å²) in [4.78, 5) is 72.8. The molecule has 1 aromatic heterocycles.